The molecular weight excluding hydrogens is 198 g/mol. The van der Waals surface area contributed by atoms with E-state index < -0.39 is 11.6 Å². The van der Waals surface area contributed by atoms with Gasteiger partial charge in [-0.05, 0) is 13.0 Å². The SMILES string of the molecule is CC(C#N)CNCc1ccc(F)cc1F. The molecular formula is C11H12F2N2. The van der Waals surface area contributed by atoms with E-state index in [2.05, 4.69) is 11.4 Å². The van der Waals surface area contributed by atoms with Crippen molar-refractivity contribution >= 4 is 0 Å². The predicted octanol–water partition coefficient (Wildman–Crippen LogP) is 2.21. The first-order valence-electron chi connectivity index (χ1n) is 4.67. The molecule has 80 valence electrons. The van der Waals surface area contributed by atoms with E-state index in [0.717, 1.165) is 6.07 Å². The van der Waals surface area contributed by atoms with Gasteiger partial charge in [0.15, 0.2) is 0 Å². The summed E-state index contributed by atoms with van der Waals surface area (Å²) < 4.78 is 25.7. The van der Waals surface area contributed by atoms with Crippen LogP contribution >= 0.6 is 0 Å². The van der Waals surface area contributed by atoms with Crippen molar-refractivity contribution in [3.8, 4) is 6.07 Å². The second-order valence-corrected chi connectivity index (χ2v) is 3.40. The Morgan fingerprint density at radius 2 is 2.20 bits per heavy atom. The Hall–Kier alpha value is -1.47. The quantitative estimate of drug-likeness (QED) is 0.827. The van der Waals surface area contributed by atoms with Crippen molar-refractivity contribution in [1.29, 1.82) is 5.26 Å². The van der Waals surface area contributed by atoms with E-state index in [4.69, 9.17) is 5.26 Å². The highest BCUT2D eigenvalue weighted by molar-refractivity contribution is 5.18. The van der Waals surface area contributed by atoms with Crippen molar-refractivity contribution in [3.05, 3.63) is 35.4 Å². The molecule has 1 atom stereocenters. The van der Waals surface area contributed by atoms with Crippen LogP contribution in [-0.4, -0.2) is 6.54 Å². The molecule has 0 saturated carbocycles. The summed E-state index contributed by atoms with van der Waals surface area (Å²) in [5, 5.41) is 11.4. The zero-order valence-electron chi connectivity index (χ0n) is 8.43. The summed E-state index contributed by atoms with van der Waals surface area (Å²) in [6, 6.07) is 5.52. The van der Waals surface area contributed by atoms with Crippen LogP contribution < -0.4 is 5.32 Å². The van der Waals surface area contributed by atoms with Crippen LogP contribution in [0.15, 0.2) is 18.2 Å². The van der Waals surface area contributed by atoms with E-state index >= 15 is 0 Å². The highest BCUT2D eigenvalue weighted by Crippen LogP contribution is 2.09. The number of hydrogen-bond acceptors (Lipinski definition) is 2. The van der Waals surface area contributed by atoms with Crippen molar-refractivity contribution < 1.29 is 8.78 Å². The van der Waals surface area contributed by atoms with Gasteiger partial charge in [0.05, 0.1) is 12.0 Å². The molecule has 0 saturated heterocycles. The maximum atomic E-state index is 13.1. The molecule has 1 aromatic rings. The van der Waals surface area contributed by atoms with Crippen LogP contribution in [0.25, 0.3) is 0 Å². The number of halogens is 2. The minimum atomic E-state index is -0.582. The van der Waals surface area contributed by atoms with E-state index in [-0.39, 0.29) is 5.92 Å². The van der Waals surface area contributed by atoms with Gasteiger partial charge in [0.1, 0.15) is 11.6 Å². The molecule has 0 spiro atoms. The average molecular weight is 210 g/mol. The second-order valence-electron chi connectivity index (χ2n) is 3.40. The summed E-state index contributed by atoms with van der Waals surface area (Å²) in [5.74, 6) is -1.26. The molecule has 1 rings (SSSR count). The van der Waals surface area contributed by atoms with Crippen LogP contribution in [0.2, 0.25) is 0 Å². The lowest BCUT2D eigenvalue weighted by molar-refractivity contribution is 0.548. The molecule has 1 aromatic carbocycles. The number of hydrogen-bond donors (Lipinski definition) is 1. The third-order valence-electron chi connectivity index (χ3n) is 2.00. The largest absolute Gasteiger partial charge is 0.311 e. The highest BCUT2D eigenvalue weighted by Gasteiger charge is 2.04. The minimum Gasteiger partial charge on any atom is -0.311 e. The van der Waals surface area contributed by atoms with E-state index in [1.165, 1.54) is 12.1 Å². The number of benzene rings is 1. The number of nitrogens with zero attached hydrogens (tertiary/aromatic N) is 1. The van der Waals surface area contributed by atoms with E-state index in [1.807, 2.05) is 0 Å². The Morgan fingerprint density at radius 1 is 1.47 bits per heavy atom. The van der Waals surface area contributed by atoms with Crippen LogP contribution in [0, 0.1) is 28.9 Å². The zero-order chi connectivity index (χ0) is 11.3. The van der Waals surface area contributed by atoms with Gasteiger partial charge >= 0.3 is 0 Å². The van der Waals surface area contributed by atoms with Crippen molar-refractivity contribution in [2.75, 3.05) is 6.54 Å². The summed E-state index contributed by atoms with van der Waals surface area (Å²) in [5.41, 5.74) is 0.404. The fourth-order valence-corrected chi connectivity index (χ4v) is 1.13. The van der Waals surface area contributed by atoms with E-state index in [1.54, 1.807) is 6.92 Å². The van der Waals surface area contributed by atoms with Gasteiger partial charge in [0, 0.05) is 24.7 Å². The fourth-order valence-electron chi connectivity index (χ4n) is 1.13. The van der Waals surface area contributed by atoms with Gasteiger partial charge in [0.25, 0.3) is 0 Å². The van der Waals surface area contributed by atoms with Crippen molar-refractivity contribution in [2.24, 2.45) is 5.92 Å². The van der Waals surface area contributed by atoms with Gasteiger partial charge in [-0.15, -0.1) is 0 Å². The van der Waals surface area contributed by atoms with Crippen LogP contribution in [0.1, 0.15) is 12.5 Å². The van der Waals surface area contributed by atoms with Crippen LogP contribution in [-0.2, 0) is 6.54 Å². The standard InChI is InChI=1S/C11H12F2N2/c1-8(5-14)6-15-7-9-2-3-10(12)4-11(9)13/h2-4,8,15H,6-7H2,1H3. The summed E-state index contributed by atoms with van der Waals surface area (Å²) in [6.45, 7) is 2.57. The van der Waals surface area contributed by atoms with Crippen LogP contribution in [0.3, 0.4) is 0 Å². The topological polar surface area (TPSA) is 35.8 Å². The Kier molecular flexibility index (Phi) is 4.19. The zero-order valence-corrected chi connectivity index (χ0v) is 8.43. The first kappa shape index (κ1) is 11.6. The maximum absolute atomic E-state index is 13.1. The Morgan fingerprint density at radius 3 is 2.80 bits per heavy atom. The number of rotatable bonds is 4. The van der Waals surface area contributed by atoms with Crippen molar-refractivity contribution in [3.63, 3.8) is 0 Å². The van der Waals surface area contributed by atoms with Gasteiger partial charge in [-0.25, -0.2) is 8.78 Å². The van der Waals surface area contributed by atoms with Gasteiger partial charge in [-0.2, -0.15) is 5.26 Å². The third-order valence-corrected chi connectivity index (χ3v) is 2.00. The molecule has 0 fully saturated rings. The van der Waals surface area contributed by atoms with Crippen LogP contribution in [0.4, 0.5) is 8.78 Å². The monoisotopic (exact) mass is 210 g/mol. The molecule has 0 amide bonds. The average Bonchev–Trinajstić information content (AvgIpc) is 2.21. The second kappa shape index (κ2) is 5.42. The molecule has 2 nitrogen and oxygen atoms in total. The molecule has 1 N–H and O–H groups in total. The maximum Gasteiger partial charge on any atom is 0.130 e. The molecule has 0 aromatic heterocycles. The summed E-state index contributed by atoms with van der Waals surface area (Å²) in [6.07, 6.45) is 0. The molecule has 1 unspecified atom stereocenters. The minimum absolute atomic E-state index is 0.117. The van der Waals surface area contributed by atoms with Gasteiger partial charge in [0.2, 0.25) is 0 Å². The summed E-state index contributed by atoms with van der Waals surface area (Å²) in [7, 11) is 0. The normalized spacial score (nSPS) is 12.1. The third kappa shape index (κ3) is 3.64. The Labute approximate surface area is 87.5 Å². The number of nitrogens with one attached hydrogen (secondary N) is 1. The summed E-state index contributed by atoms with van der Waals surface area (Å²) in [4.78, 5) is 0. The molecule has 4 heteroatoms. The summed E-state index contributed by atoms with van der Waals surface area (Å²) >= 11 is 0. The smallest absolute Gasteiger partial charge is 0.130 e. The molecule has 0 bridgehead atoms. The first-order chi connectivity index (χ1) is 7.13. The van der Waals surface area contributed by atoms with Crippen molar-refractivity contribution in [1.82, 2.24) is 5.32 Å². The molecule has 0 aliphatic rings. The Bertz CT molecular complexity index is 371. The highest BCUT2D eigenvalue weighted by atomic mass is 19.1. The Balaban J connectivity index is 2.48. The first-order valence-corrected chi connectivity index (χ1v) is 4.67. The molecule has 0 aliphatic heterocycles. The molecule has 0 aliphatic carbocycles. The molecule has 0 heterocycles. The predicted molar refractivity (Wildman–Crippen MR) is 52.8 cm³/mol. The van der Waals surface area contributed by atoms with E-state index in [0.29, 0.717) is 18.7 Å². The lowest BCUT2D eigenvalue weighted by Crippen LogP contribution is -2.20. The van der Waals surface area contributed by atoms with Gasteiger partial charge in [-0.1, -0.05) is 6.07 Å². The lowest BCUT2D eigenvalue weighted by atomic mass is 10.2. The van der Waals surface area contributed by atoms with Gasteiger partial charge < -0.3 is 5.32 Å². The number of nitriles is 1. The lowest BCUT2D eigenvalue weighted by Gasteiger charge is -2.06. The molecule has 15 heavy (non-hydrogen) atoms. The van der Waals surface area contributed by atoms with E-state index in [9.17, 15) is 8.78 Å². The molecule has 0 radical (unpaired) electrons. The fraction of sp³-hybridized carbons (Fsp3) is 0.364. The van der Waals surface area contributed by atoms with Gasteiger partial charge in [-0.3, -0.25) is 0 Å². The van der Waals surface area contributed by atoms with Crippen molar-refractivity contribution in [2.45, 2.75) is 13.5 Å². The van der Waals surface area contributed by atoms with Crippen LogP contribution in [0.5, 0.6) is 0 Å².